The first kappa shape index (κ1) is 24.6. The lowest BCUT2D eigenvalue weighted by atomic mass is 9.83. The third-order valence-electron chi connectivity index (χ3n) is 5.67. The van der Waals surface area contributed by atoms with E-state index in [9.17, 15) is 9.59 Å². The van der Waals surface area contributed by atoms with Crippen LogP contribution >= 0.6 is 35.7 Å². The predicted molar refractivity (Wildman–Crippen MR) is 145 cm³/mol. The van der Waals surface area contributed by atoms with E-state index in [-0.39, 0.29) is 11.9 Å². The number of ether oxygens (including phenoxy) is 2. The Balaban J connectivity index is 1.92. The van der Waals surface area contributed by atoms with E-state index in [1.165, 1.54) is 23.5 Å². The zero-order valence-electron chi connectivity index (χ0n) is 19.6. The summed E-state index contributed by atoms with van der Waals surface area (Å²) in [6.07, 6.45) is 0. The van der Waals surface area contributed by atoms with Gasteiger partial charge in [0.1, 0.15) is 10.7 Å². The molecule has 2 aliphatic rings. The number of nitrogens with zero attached hydrogens (tertiary/aromatic N) is 1. The van der Waals surface area contributed by atoms with Crippen molar-refractivity contribution < 1.29 is 19.1 Å². The molecule has 1 amide bonds. The van der Waals surface area contributed by atoms with Crippen molar-refractivity contribution in [2.24, 2.45) is 0 Å². The van der Waals surface area contributed by atoms with Crippen LogP contribution in [0.15, 0.2) is 57.7 Å². The molecule has 2 heterocycles. The highest BCUT2D eigenvalue weighted by molar-refractivity contribution is 8.32. The molecule has 2 aliphatic heterocycles. The first-order valence-electron chi connectivity index (χ1n) is 10.8. The molecule has 0 saturated heterocycles. The SMILES string of the molecule is CCOC(=O)C1=C(c2ccccc2)SC(=C2C(=S)C(C)(C)N(C(C)=O)c3cc(OC)ccc32)S1. The molecule has 0 fully saturated rings. The maximum atomic E-state index is 12.9. The van der Waals surface area contributed by atoms with Gasteiger partial charge in [0.05, 0.1) is 34.0 Å². The van der Waals surface area contributed by atoms with Crippen molar-refractivity contribution in [1.29, 1.82) is 0 Å². The highest BCUT2D eigenvalue weighted by atomic mass is 32.2. The molecule has 0 bridgehead atoms. The van der Waals surface area contributed by atoms with Gasteiger partial charge in [-0.1, -0.05) is 66.1 Å². The van der Waals surface area contributed by atoms with Crippen molar-refractivity contribution in [3.05, 3.63) is 68.8 Å². The number of benzene rings is 2. The summed E-state index contributed by atoms with van der Waals surface area (Å²) in [6.45, 7) is 7.52. The number of anilines is 1. The first-order valence-corrected chi connectivity index (χ1v) is 12.9. The molecule has 0 aliphatic carbocycles. The molecule has 2 aromatic rings. The lowest BCUT2D eigenvalue weighted by Crippen LogP contribution is -2.55. The van der Waals surface area contributed by atoms with Gasteiger partial charge in [-0.25, -0.2) is 4.79 Å². The zero-order valence-corrected chi connectivity index (χ0v) is 22.1. The maximum absolute atomic E-state index is 12.9. The van der Waals surface area contributed by atoms with E-state index in [0.29, 0.717) is 22.1 Å². The van der Waals surface area contributed by atoms with Crippen LogP contribution in [0.25, 0.3) is 10.5 Å². The number of esters is 1. The molecule has 4 rings (SSSR count). The van der Waals surface area contributed by atoms with Crippen LogP contribution in [0.4, 0.5) is 5.69 Å². The molecule has 0 spiro atoms. The Hall–Kier alpha value is -2.55. The second-order valence-corrected chi connectivity index (χ2v) is 10.9. The highest BCUT2D eigenvalue weighted by Gasteiger charge is 2.45. The van der Waals surface area contributed by atoms with E-state index < -0.39 is 5.54 Å². The molecular weight excluding hydrogens is 486 g/mol. The van der Waals surface area contributed by atoms with E-state index in [0.717, 1.165) is 31.5 Å². The van der Waals surface area contributed by atoms with Gasteiger partial charge in [0, 0.05) is 29.0 Å². The summed E-state index contributed by atoms with van der Waals surface area (Å²) in [5.74, 6) is 0.198. The van der Waals surface area contributed by atoms with Crippen LogP contribution in [0, 0.1) is 0 Å². The number of rotatable bonds is 4. The Morgan fingerprint density at radius 1 is 1.09 bits per heavy atom. The standard InChI is InChI=1S/C26H25NO4S3/c1-6-31-24(29)22-21(16-10-8-7-9-11-16)33-25(34-22)20-18-13-12-17(30-5)14-19(18)27(15(2)28)26(3,4)23(20)32/h7-14H,6H2,1-5H3. The highest BCUT2D eigenvalue weighted by Crippen LogP contribution is 2.58. The van der Waals surface area contributed by atoms with E-state index in [4.69, 9.17) is 21.7 Å². The third kappa shape index (κ3) is 4.19. The van der Waals surface area contributed by atoms with Crippen LogP contribution in [0.3, 0.4) is 0 Å². The van der Waals surface area contributed by atoms with Crippen LogP contribution in [0.1, 0.15) is 38.8 Å². The van der Waals surface area contributed by atoms with Crippen molar-refractivity contribution in [2.45, 2.75) is 33.2 Å². The topological polar surface area (TPSA) is 55.8 Å². The lowest BCUT2D eigenvalue weighted by molar-refractivity contribution is -0.137. The molecule has 0 unspecified atom stereocenters. The fraction of sp³-hybridized carbons (Fsp3) is 0.269. The molecule has 0 aromatic heterocycles. The van der Waals surface area contributed by atoms with Crippen molar-refractivity contribution in [2.75, 3.05) is 18.6 Å². The Bertz CT molecular complexity index is 1250. The smallest absolute Gasteiger partial charge is 0.346 e. The van der Waals surface area contributed by atoms with Gasteiger partial charge in [-0.3, -0.25) is 4.79 Å². The van der Waals surface area contributed by atoms with Crippen LogP contribution < -0.4 is 9.64 Å². The van der Waals surface area contributed by atoms with Crippen molar-refractivity contribution in [1.82, 2.24) is 0 Å². The van der Waals surface area contributed by atoms with Crippen molar-refractivity contribution in [3.8, 4) is 5.75 Å². The molecular formula is C26H25NO4S3. The fourth-order valence-electron chi connectivity index (χ4n) is 4.14. The number of thioether (sulfide) groups is 2. The fourth-order valence-corrected chi connectivity index (χ4v) is 7.27. The van der Waals surface area contributed by atoms with E-state index >= 15 is 0 Å². The number of fused-ring (bicyclic) bond motifs is 1. The van der Waals surface area contributed by atoms with Gasteiger partial charge in [0.2, 0.25) is 5.91 Å². The summed E-state index contributed by atoms with van der Waals surface area (Å²) in [5, 5.41) is 0. The van der Waals surface area contributed by atoms with Crippen LogP contribution in [0.2, 0.25) is 0 Å². The van der Waals surface area contributed by atoms with Crippen LogP contribution in [-0.4, -0.2) is 36.0 Å². The number of methoxy groups -OCH3 is 1. The average Bonchev–Trinajstić information content (AvgIpc) is 3.25. The molecule has 0 atom stereocenters. The Morgan fingerprint density at radius 2 is 1.79 bits per heavy atom. The molecule has 8 heteroatoms. The van der Waals surface area contributed by atoms with Gasteiger partial charge in [0.25, 0.3) is 0 Å². The van der Waals surface area contributed by atoms with Gasteiger partial charge < -0.3 is 14.4 Å². The quantitative estimate of drug-likeness (QED) is 0.272. The molecule has 34 heavy (non-hydrogen) atoms. The van der Waals surface area contributed by atoms with E-state index in [1.54, 1.807) is 25.9 Å². The summed E-state index contributed by atoms with van der Waals surface area (Å²) in [5.41, 5.74) is 2.63. The summed E-state index contributed by atoms with van der Waals surface area (Å²) in [7, 11) is 1.60. The molecule has 0 N–H and O–H groups in total. The molecule has 0 radical (unpaired) electrons. The summed E-state index contributed by atoms with van der Waals surface area (Å²) < 4.78 is 11.7. The largest absolute Gasteiger partial charge is 0.497 e. The number of carbonyl (C=O) groups is 2. The Kier molecular flexibility index (Phi) is 6.94. The number of amides is 1. The first-order chi connectivity index (χ1) is 16.2. The van der Waals surface area contributed by atoms with Gasteiger partial charge in [-0.15, -0.1) is 0 Å². The minimum absolute atomic E-state index is 0.104. The summed E-state index contributed by atoms with van der Waals surface area (Å²) in [4.78, 5) is 29.4. The number of thiocarbonyl (C=S) groups is 1. The third-order valence-corrected chi connectivity index (χ3v) is 9.00. The van der Waals surface area contributed by atoms with Gasteiger partial charge in [-0.2, -0.15) is 0 Å². The lowest BCUT2D eigenvalue weighted by Gasteiger charge is -2.44. The average molecular weight is 512 g/mol. The maximum Gasteiger partial charge on any atom is 0.346 e. The normalized spacial score (nSPS) is 19.2. The Morgan fingerprint density at radius 3 is 2.41 bits per heavy atom. The van der Waals surface area contributed by atoms with Crippen molar-refractivity contribution in [3.63, 3.8) is 0 Å². The number of hydrogen-bond acceptors (Lipinski definition) is 7. The second-order valence-electron chi connectivity index (χ2n) is 8.24. The minimum atomic E-state index is -0.746. The molecule has 0 saturated carbocycles. The van der Waals surface area contributed by atoms with Gasteiger partial charge >= 0.3 is 5.97 Å². The predicted octanol–water partition coefficient (Wildman–Crippen LogP) is 6.29. The van der Waals surface area contributed by atoms with Crippen molar-refractivity contribution >= 4 is 68.6 Å². The summed E-state index contributed by atoms with van der Waals surface area (Å²) in [6, 6.07) is 15.5. The van der Waals surface area contributed by atoms with Gasteiger partial charge in [-0.05, 0) is 38.5 Å². The number of hydrogen-bond donors (Lipinski definition) is 0. The van der Waals surface area contributed by atoms with E-state index in [1.807, 2.05) is 62.4 Å². The van der Waals surface area contributed by atoms with Gasteiger partial charge in [0.15, 0.2) is 0 Å². The second kappa shape index (κ2) is 9.60. The Labute approximate surface area is 213 Å². The molecule has 2 aromatic carbocycles. The summed E-state index contributed by atoms with van der Waals surface area (Å²) >= 11 is 8.90. The monoisotopic (exact) mass is 511 g/mol. The van der Waals surface area contributed by atoms with Crippen LogP contribution in [-0.2, 0) is 14.3 Å². The minimum Gasteiger partial charge on any atom is -0.497 e. The number of carbonyl (C=O) groups excluding carboxylic acids is 2. The zero-order chi connectivity index (χ0) is 24.6. The molecule has 176 valence electrons. The van der Waals surface area contributed by atoms with E-state index in [2.05, 4.69) is 0 Å². The van der Waals surface area contributed by atoms with Crippen LogP contribution in [0.5, 0.6) is 5.75 Å². The molecule has 5 nitrogen and oxygen atoms in total.